The van der Waals surface area contributed by atoms with E-state index in [2.05, 4.69) is 20.8 Å². The molecule has 0 aromatic carbocycles. The summed E-state index contributed by atoms with van der Waals surface area (Å²) in [5, 5.41) is 13.9. The number of aryl methyl sites for hydroxylation is 1. The van der Waals surface area contributed by atoms with Gasteiger partial charge in [-0.1, -0.05) is 5.10 Å². The summed E-state index contributed by atoms with van der Waals surface area (Å²) in [6, 6.07) is 0. The maximum absolute atomic E-state index is 10.4. The number of rotatable bonds is 6. The van der Waals surface area contributed by atoms with Crippen molar-refractivity contribution in [1.29, 1.82) is 0 Å². The van der Waals surface area contributed by atoms with Crippen LogP contribution in [0, 0.1) is 0 Å². The highest BCUT2D eigenvalue weighted by molar-refractivity contribution is 5.73. The van der Waals surface area contributed by atoms with E-state index in [4.69, 9.17) is 5.73 Å². The van der Waals surface area contributed by atoms with Gasteiger partial charge in [0.05, 0.1) is 0 Å². The average molecular weight is 198 g/mol. The highest BCUT2D eigenvalue weighted by Crippen LogP contribution is 1.98. The maximum atomic E-state index is 10.4. The molecule has 0 fully saturated rings. The molecule has 0 aliphatic carbocycles. The van der Waals surface area contributed by atoms with Gasteiger partial charge in [0.1, 0.15) is 0 Å². The number of hydrogen-bond donors (Lipinski definition) is 2. The lowest BCUT2D eigenvalue weighted by Crippen LogP contribution is -2.11. The zero-order valence-electron chi connectivity index (χ0n) is 8.10. The summed E-state index contributed by atoms with van der Waals surface area (Å²) in [7, 11) is 1.76. The lowest BCUT2D eigenvalue weighted by atomic mass is 10.2. The second-order valence-electron chi connectivity index (χ2n) is 2.98. The molecule has 7 nitrogen and oxygen atoms in total. The number of primary amides is 1. The normalized spacial score (nSPS) is 10.1. The van der Waals surface area contributed by atoms with Crippen LogP contribution in [0.1, 0.15) is 19.3 Å². The van der Waals surface area contributed by atoms with Crippen LogP contribution in [0.25, 0.3) is 0 Å². The van der Waals surface area contributed by atoms with Crippen LogP contribution >= 0.6 is 0 Å². The molecule has 0 saturated carbocycles. The molecule has 1 aromatic rings. The van der Waals surface area contributed by atoms with Crippen molar-refractivity contribution in [2.75, 3.05) is 11.9 Å². The maximum Gasteiger partial charge on any atom is 0.242 e. The number of nitrogens with one attached hydrogen (secondary N) is 1. The molecular formula is C7H14N6O. The minimum Gasteiger partial charge on any atom is -0.370 e. The van der Waals surface area contributed by atoms with Gasteiger partial charge < -0.3 is 11.1 Å². The number of carbonyl (C=O) groups excluding carboxylic acids is 1. The number of nitrogens with zero attached hydrogens (tertiary/aromatic N) is 4. The fraction of sp³-hybridized carbons (Fsp3) is 0.714. The minimum absolute atomic E-state index is 0.259. The van der Waals surface area contributed by atoms with Crippen molar-refractivity contribution in [2.45, 2.75) is 19.3 Å². The van der Waals surface area contributed by atoms with E-state index in [9.17, 15) is 4.79 Å². The molecular weight excluding hydrogens is 184 g/mol. The van der Waals surface area contributed by atoms with Crippen LogP contribution in [-0.2, 0) is 11.8 Å². The summed E-state index contributed by atoms with van der Waals surface area (Å²) in [5.41, 5.74) is 5.00. The first kappa shape index (κ1) is 10.4. The van der Waals surface area contributed by atoms with Crippen LogP contribution in [0.4, 0.5) is 5.95 Å². The number of hydrogen-bond acceptors (Lipinski definition) is 5. The molecule has 0 saturated heterocycles. The Hall–Kier alpha value is -1.66. The minimum atomic E-state index is -0.259. The van der Waals surface area contributed by atoms with E-state index in [-0.39, 0.29) is 5.91 Å². The standard InChI is InChI=1S/C7H14N6O/c1-13-7(10-11-12-13)9-5-3-2-4-6(8)14/h2-5H2,1H3,(H2,8,14)(H,9,10,12). The Labute approximate surface area is 81.7 Å². The molecule has 0 aliphatic heterocycles. The van der Waals surface area contributed by atoms with Crippen molar-refractivity contribution in [3.8, 4) is 0 Å². The average Bonchev–Trinajstić information content (AvgIpc) is 2.51. The Balaban J connectivity index is 2.10. The van der Waals surface area contributed by atoms with E-state index in [0.717, 1.165) is 19.4 Å². The second kappa shape index (κ2) is 5.15. The van der Waals surface area contributed by atoms with Crippen LogP contribution < -0.4 is 11.1 Å². The van der Waals surface area contributed by atoms with Crippen molar-refractivity contribution >= 4 is 11.9 Å². The van der Waals surface area contributed by atoms with Crippen molar-refractivity contribution < 1.29 is 4.79 Å². The molecule has 1 rings (SSSR count). The molecule has 0 atom stereocenters. The summed E-state index contributed by atoms with van der Waals surface area (Å²) in [4.78, 5) is 10.4. The zero-order valence-corrected chi connectivity index (χ0v) is 8.10. The summed E-state index contributed by atoms with van der Waals surface area (Å²) in [5.74, 6) is 0.370. The zero-order chi connectivity index (χ0) is 10.4. The number of tetrazole rings is 1. The fourth-order valence-corrected chi connectivity index (χ4v) is 1.00. The molecule has 1 aromatic heterocycles. The van der Waals surface area contributed by atoms with Crippen LogP contribution in [0.15, 0.2) is 0 Å². The highest BCUT2D eigenvalue weighted by Gasteiger charge is 1.99. The number of amides is 1. The first-order chi connectivity index (χ1) is 6.70. The van der Waals surface area contributed by atoms with Crippen molar-refractivity contribution in [3.63, 3.8) is 0 Å². The van der Waals surface area contributed by atoms with Crippen LogP contribution in [0.3, 0.4) is 0 Å². The molecule has 0 spiro atoms. The number of aromatic nitrogens is 4. The third kappa shape index (κ3) is 3.38. The summed E-state index contributed by atoms with van der Waals surface area (Å²) in [6.07, 6.45) is 2.09. The Bertz CT molecular complexity index is 296. The van der Waals surface area contributed by atoms with Gasteiger partial charge in [-0.3, -0.25) is 4.79 Å². The van der Waals surface area contributed by atoms with Gasteiger partial charge in [-0.2, -0.15) is 0 Å². The van der Waals surface area contributed by atoms with Crippen molar-refractivity contribution in [1.82, 2.24) is 20.2 Å². The van der Waals surface area contributed by atoms with Gasteiger partial charge >= 0.3 is 0 Å². The van der Waals surface area contributed by atoms with E-state index in [1.165, 1.54) is 0 Å². The number of anilines is 1. The third-order valence-corrected chi connectivity index (χ3v) is 1.75. The molecule has 0 aliphatic rings. The highest BCUT2D eigenvalue weighted by atomic mass is 16.1. The Morgan fingerprint density at radius 3 is 2.93 bits per heavy atom. The number of unbranched alkanes of at least 4 members (excludes halogenated alkanes) is 1. The Morgan fingerprint density at radius 1 is 1.57 bits per heavy atom. The molecule has 1 heterocycles. The van der Waals surface area contributed by atoms with Crippen LogP contribution in [-0.4, -0.2) is 32.7 Å². The van der Waals surface area contributed by atoms with E-state index in [1.54, 1.807) is 11.7 Å². The van der Waals surface area contributed by atoms with Gasteiger partial charge in [0.25, 0.3) is 0 Å². The van der Waals surface area contributed by atoms with Gasteiger partial charge in [-0.05, 0) is 23.3 Å². The predicted octanol–water partition coefficient (Wildman–Crippen LogP) is -0.722. The van der Waals surface area contributed by atoms with E-state index < -0.39 is 0 Å². The first-order valence-corrected chi connectivity index (χ1v) is 4.44. The van der Waals surface area contributed by atoms with Gasteiger partial charge in [-0.25, -0.2) is 4.68 Å². The monoisotopic (exact) mass is 198 g/mol. The first-order valence-electron chi connectivity index (χ1n) is 4.44. The molecule has 7 heteroatoms. The molecule has 14 heavy (non-hydrogen) atoms. The molecule has 1 amide bonds. The number of carbonyl (C=O) groups is 1. The van der Waals surface area contributed by atoms with Gasteiger partial charge in [-0.15, -0.1) is 0 Å². The molecule has 78 valence electrons. The smallest absolute Gasteiger partial charge is 0.242 e. The van der Waals surface area contributed by atoms with E-state index in [1.807, 2.05) is 0 Å². The van der Waals surface area contributed by atoms with Crippen molar-refractivity contribution in [2.24, 2.45) is 12.8 Å². The fourth-order valence-electron chi connectivity index (χ4n) is 1.00. The molecule has 0 bridgehead atoms. The topological polar surface area (TPSA) is 98.7 Å². The van der Waals surface area contributed by atoms with E-state index >= 15 is 0 Å². The lowest BCUT2D eigenvalue weighted by molar-refractivity contribution is -0.118. The predicted molar refractivity (Wildman–Crippen MR) is 50.3 cm³/mol. The summed E-state index contributed by atoms with van der Waals surface area (Å²) in [6.45, 7) is 0.738. The lowest BCUT2D eigenvalue weighted by Gasteiger charge is -2.02. The summed E-state index contributed by atoms with van der Waals surface area (Å²) >= 11 is 0. The molecule has 0 unspecified atom stereocenters. The SMILES string of the molecule is Cn1nnnc1NCCCCC(N)=O. The quantitative estimate of drug-likeness (QED) is 0.587. The summed E-state index contributed by atoms with van der Waals surface area (Å²) < 4.78 is 1.55. The number of nitrogens with two attached hydrogens (primary N) is 1. The molecule has 3 N–H and O–H groups in total. The van der Waals surface area contributed by atoms with Gasteiger partial charge in [0, 0.05) is 20.0 Å². The Morgan fingerprint density at radius 2 is 2.36 bits per heavy atom. The molecule has 0 radical (unpaired) electrons. The Kier molecular flexibility index (Phi) is 3.84. The largest absolute Gasteiger partial charge is 0.370 e. The van der Waals surface area contributed by atoms with Crippen molar-refractivity contribution in [3.05, 3.63) is 0 Å². The van der Waals surface area contributed by atoms with Gasteiger partial charge in [0.15, 0.2) is 0 Å². The van der Waals surface area contributed by atoms with E-state index in [0.29, 0.717) is 12.4 Å². The third-order valence-electron chi connectivity index (χ3n) is 1.75. The van der Waals surface area contributed by atoms with Crippen LogP contribution in [0.2, 0.25) is 0 Å². The van der Waals surface area contributed by atoms with Gasteiger partial charge in [0.2, 0.25) is 11.9 Å². The second-order valence-corrected chi connectivity index (χ2v) is 2.98. The van der Waals surface area contributed by atoms with Crippen LogP contribution in [0.5, 0.6) is 0 Å².